The monoisotopic (exact) mass is 356 g/mol. The number of hydrogen-bond acceptors (Lipinski definition) is 5. The number of pyridine rings is 1. The van der Waals surface area contributed by atoms with E-state index in [1.807, 2.05) is 18.2 Å². The number of aliphatic hydroxyl groups is 1. The maximum Gasteiger partial charge on any atom is 0.227 e. The van der Waals surface area contributed by atoms with Gasteiger partial charge in [-0.3, -0.25) is 9.78 Å². The Morgan fingerprint density at radius 1 is 1.19 bits per heavy atom. The molecule has 1 aliphatic rings. The molecule has 0 aliphatic carbocycles. The quantitative estimate of drug-likeness (QED) is 0.853. The van der Waals surface area contributed by atoms with E-state index in [0.29, 0.717) is 24.6 Å². The lowest BCUT2D eigenvalue weighted by Gasteiger charge is -2.17. The van der Waals surface area contributed by atoms with Gasteiger partial charge in [-0.15, -0.1) is 0 Å². The van der Waals surface area contributed by atoms with Crippen LogP contribution in [0.5, 0.6) is 11.5 Å². The summed E-state index contributed by atoms with van der Waals surface area (Å²) in [5.74, 6) is 1.36. The molecule has 1 aromatic carbocycles. The zero-order valence-corrected chi connectivity index (χ0v) is 15.1. The zero-order chi connectivity index (χ0) is 18.5. The minimum atomic E-state index is -0.515. The van der Waals surface area contributed by atoms with Crippen molar-refractivity contribution in [3.05, 3.63) is 53.9 Å². The lowest BCUT2D eigenvalue weighted by atomic mass is 9.97. The van der Waals surface area contributed by atoms with Gasteiger partial charge in [0.05, 0.1) is 26.7 Å². The van der Waals surface area contributed by atoms with E-state index >= 15 is 0 Å². The van der Waals surface area contributed by atoms with Crippen molar-refractivity contribution in [3.63, 3.8) is 0 Å². The Bertz CT molecular complexity index is 751. The number of nitrogens with zero attached hydrogens (tertiary/aromatic N) is 2. The Labute approximate surface area is 153 Å². The second-order valence-electron chi connectivity index (χ2n) is 6.54. The molecule has 2 aromatic rings. The predicted molar refractivity (Wildman–Crippen MR) is 97.3 cm³/mol. The van der Waals surface area contributed by atoms with E-state index in [9.17, 15) is 9.90 Å². The summed E-state index contributed by atoms with van der Waals surface area (Å²) in [5, 5.41) is 10.4. The molecule has 1 aliphatic heterocycles. The van der Waals surface area contributed by atoms with Crippen LogP contribution in [-0.2, 0) is 17.6 Å². The highest BCUT2D eigenvalue weighted by Crippen LogP contribution is 2.27. The number of benzene rings is 1. The van der Waals surface area contributed by atoms with E-state index in [-0.39, 0.29) is 18.2 Å². The van der Waals surface area contributed by atoms with Crippen LogP contribution in [0, 0.1) is 5.92 Å². The van der Waals surface area contributed by atoms with Crippen LogP contribution in [0.15, 0.2) is 42.7 Å². The highest BCUT2D eigenvalue weighted by Gasteiger charge is 2.34. The molecule has 6 nitrogen and oxygen atoms in total. The number of β-amino-alcohol motifs (C(OH)–C–C–N with tert-alkyl or cyclic N) is 1. The summed E-state index contributed by atoms with van der Waals surface area (Å²) in [6.45, 7) is 0.912. The lowest BCUT2D eigenvalue weighted by molar-refractivity contribution is -0.129. The number of aliphatic hydroxyl groups excluding tert-OH is 1. The molecule has 2 atom stereocenters. The fourth-order valence-corrected chi connectivity index (χ4v) is 3.37. The van der Waals surface area contributed by atoms with Gasteiger partial charge in [-0.1, -0.05) is 0 Å². The molecule has 3 rings (SSSR count). The number of carbonyl (C=O) groups excluding carboxylic acids is 1. The third-order valence-corrected chi connectivity index (χ3v) is 4.84. The smallest absolute Gasteiger partial charge is 0.227 e. The van der Waals surface area contributed by atoms with E-state index in [2.05, 4.69) is 4.98 Å². The Morgan fingerprint density at radius 2 is 1.96 bits per heavy atom. The summed E-state index contributed by atoms with van der Waals surface area (Å²) < 4.78 is 10.6. The van der Waals surface area contributed by atoms with Gasteiger partial charge in [-0.2, -0.15) is 0 Å². The number of methoxy groups -OCH3 is 2. The van der Waals surface area contributed by atoms with Crippen LogP contribution in [0.1, 0.15) is 11.1 Å². The van der Waals surface area contributed by atoms with Gasteiger partial charge in [0.2, 0.25) is 5.91 Å². The van der Waals surface area contributed by atoms with Crippen molar-refractivity contribution < 1.29 is 19.4 Å². The molecule has 0 unspecified atom stereocenters. The van der Waals surface area contributed by atoms with Crippen LogP contribution in [0.2, 0.25) is 0 Å². The Kier molecular flexibility index (Phi) is 5.73. The van der Waals surface area contributed by atoms with E-state index in [1.165, 1.54) is 0 Å². The molecule has 1 fully saturated rings. The van der Waals surface area contributed by atoms with Crippen LogP contribution in [0.25, 0.3) is 0 Å². The van der Waals surface area contributed by atoms with E-state index in [4.69, 9.17) is 9.47 Å². The Morgan fingerprint density at radius 3 is 2.65 bits per heavy atom. The van der Waals surface area contributed by atoms with Crippen molar-refractivity contribution in [2.75, 3.05) is 27.3 Å². The molecule has 1 amide bonds. The van der Waals surface area contributed by atoms with Crippen molar-refractivity contribution in [1.82, 2.24) is 9.88 Å². The normalized spacial score (nSPS) is 19.4. The van der Waals surface area contributed by atoms with Gasteiger partial charge in [0.1, 0.15) is 11.5 Å². The van der Waals surface area contributed by atoms with Gasteiger partial charge in [-0.25, -0.2) is 0 Å². The topological polar surface area (TPSA) is 71.9 Å². The molecule has 1 aromatic heterocycles. The average Bonchev–Trinajstić information content (AvgIpc) is 3.03. The van der Waals surface area contributed by atoms with Crippen LogP contribution in [0.3, 0.4) is 0 Å². The molecule has 2 heterocycles. The standard InChI is InChI=1S/C20H24N2O4/c1-25-17-3-4-19(26-2)15(10-17)11-20(24)22-12-16(18(23)13-22)9-14-5-7-21-8-6-14/h3-8,10,16,18,23H,9,11-13H2,1-2H3/t16-,18+/m1/s1. The summed E-state index contributed by atoms with van der Waals surface area (Å²) in [4.78, 5) is 18.5. The number of rotatable bonds is 6. The van der Waals surface area contributed by atoms with Gasteiger partial charge in [0.25, 0.3) is 0 Å². The maximum atomic E-state index is 12.7. The predicted octanol–water partition coefficient (Wildman–Crippen LogP) is 1.70. The summed E-state index contributed by atoms with van der Waals surface area (Å²) in [6, 6.07) is 9.30. The average molecular weight is 356 g/mol. The first-order valence-corrected chi connectivity index (χ1v) is 8.66. The van der Waals surface area contributed by atoms with Crippen LogP contribution < -0.4 is 9.47 Å². The van der Waals surface area contributed by atoms with Crippen molar-refractivity contribution >= 4 is 5.91 Å². The molecule has 26 heavy (non-hydrogen) atoms. The SMILES string of the molecule is COc1ccc(OC)c(CC(=O)N2C[C@@H](Cc3ccncc3)[C@@H](O)C2)c1. The number of carbonyl (C=O) groups is 1. The van der Waals surface area contributed by atoms with Gasteiger partial charge in [0, 0.05) is 37.0 Å². The first-order valence-electron chi connectivity index (χ1n) is 8.66. The summed E-state index contributed by atoms with van der Waals surface area (Å²) in [6.07, 6.45) is 3.92. The molecule has 138 valence electrons. The first kappa shape index (κ1) is 18.2. The van der Waals surface area contributed by atoms with Crippen LogP contribution >= 0.6 is 0 Å². The van der Waals surface area contributed by atoms with Crippen LogP contribution in [0.4, 0.5) is 0 Å². The fraction of sp³-hybridized carbons (Fsp3) is 0.400. The molecule has 6 heteroatoms. The molecule has 0 radical (unpaired) electrons. The summed E-state index contributed by atoms with van der Waals surface area (Å²) in [7, 11) is 3.17. The molecule has 1 saturated heterocycles. The Hall–Kier alpha value is -2.60. The van der Waals surface area contributed by atoms with Crippen molar-refractivity contribution in [3.8, 4) is 11.5 Å². The van der Waals surface area contributed by atoms with E-state index in [1.54, 1.807) is 43.6 Å². The highest BCUT2D eigenvalue weighted by atomic mass is 16.5. The van der Waals surface area contributed by atoms with Crippen molar-refractivity contribution in [2.24, 2.45) is 5.92 Å². The number of ether oxygens (including phenoxy) is 2. The zero-order valence-electron chi connectivity index (χ0n) is 15.1. The number of aromatic nitrogens is 1. The minimum absolute atomic E-state index is 0.0205. The van der Waals surface area contributed by atoms with Gasteiger partial charge >= 0.3 is 0 Å². The maximum absolute atomic E-state index is 12.7. The second-order valence-corrected chi connectivity index (χ2v) is 6.54. The van der Waals surface area contributed by atoms with Crippen molar-refractivity contribution in [2.45, 2.75) is 18.9 Å². The molecule has 1 N–H and O–H groups in total. The second kappa shape index (κ2) is 8.19. The number of likely N-dealkylation sites (tertiary alicyclic amines) is 1. The lowest BCUT2D eigenvalue weighted by Crippen LogP contribution is -2.31. The van der Waals surface area contributed by atoms with Crippen LogP contribution in [-0.4, -0.2) is 54.3 Å². The molecule has 0 bridgehead atoms. The first-order chi connectivity index (χ1) is 12.6. The van der Waals surface area contributed by atoms with Crippen molar-refractivity contribution in [1.29, 1.82) is 0 Å². The molecule has 0 spiro atoms. The van der Waals surface area contributed by atoms with Gasteiger partial charge < -0.3 is 19.5 Å². The van der Waals surface area contributed by atoms with Gasteiger partial charge in [-0.05, 0) is 42.3 Å². The minimum Gasteiger partial charge on any atom is -0.497 e. The third kappa shape index (κ3) is 4.14. The third-order valence-electron chi connectivity index (χ3n) is 4.84. The largest absolute Gasteiger partial charge is 0.497 e. The van der Waals surface area contributed by atoms with Gasteiger partial charge in [0.15, 0.2) is 0 Å². The summed E-state index contributed by atoms with van der Waals surface area (Å²) in [5.41, 5.74) is 1.90. The Balaban J connectivity index is 1.66. The fourth-order valence-electron chi connectivity index (χ4n) is 3.37. The molecular formula is C20H24N2O4. The molecular weight excluding hydrogens is 332 g/mol. The molecule has 0 saturated carbocycles. The highest BCUT2D eigenvalue weighted by molar-refractivity contribution is 5.80. The summed E-state index contributed by atoms with van der Waals surface area (Å²) >= 11 is 0. The van der Waals surface area contributed by atoms with E-state index in [0.717, 1.165) is 17.5 Å². The number of hydrogen-bond donors (Lipinski definition) is 1. The number of amides is 1. The van der Waals surface area contributed by atoms with E-state index < -0.39 is 6.10 Å².